The number of aliphatic hydroxyl groups is 1. The van der Waals surface area contributed by atoms with Gasteiger partial charge in [0.1, 0.15) is 0 Å². The molecule has 0 aromatic heterocycles. The van der Waals surface area contributed by atoms with E-state index in [1.807, 2.05) is 0 Å². The van der Waals surface area contributed by atoms with Crippen molar-refractivity contribution in [2.24, 2.45) is 5.92 Å². The van der Waals surface area contributed by atoms with Crippen molar-refractivity contribution in [3.8, 4) is 0 Å². The van der Waals surface area contributed by atoms with Crippen LogP contribution >= 0.6 is 0 Å². The van der Waals surface area contributed by atoms with Gasteiger partial charge in [0.15, 0.2) is 5.78 Å². The molecule has 1 rings (SSSR count). The Morgan fingerprint density at radius 3 is 2.80 bits per heavy atom. The van der Waals surface area contributed by atoms with Crippen molar-refractivity contribution >= 4 is 11.8 Å². The number of Topliss-reactive ketones (excluding diaryl/α,β-unsaturated/α-hetero) is 1. The Kier molecular flexibility index (Phi) is 4.03. The average Bonchev–Trinajstić information content (AvgIpc) is 2.47. The second-order valence-corrected chi connectivity index (χ2v) is 3.75. The first-order valence-corrected chi connectivity index (χ1v) is 5.00. The molecule has 0 spiro atoms. The van der Waals surface area contributed by atoms with Crippen LogP contribution in [-0.4, -0.2) is 30.6 Å². The zero-order chi connectivity index (χ0) is 11.4. The summed E-state index contributed by atoms with van der Waals surface area (Å²) in [6.07, 6.45) is 1.25. The molecule has 0 aromatic carbocycles. The average molecular weight is 212 g/mol. The first kappa shape index (κ1) is 11.9. The van der Waals surface area contributed by atoms with Gasteiger partial charge in [-0.15, -0.1) is 0 Å². The minimum atomic E-state index is -0.355. The van der Waals surface area contributed by atoms with E-state index in [1.165, 1.54) is 7.11 Å². The fourth-order valence-electron chi connectivity index (χ4n) is 1.90. The van der Waals surface area contributed by atoms with Crippen LogP contribution in [0.1, 0.15) is 26.2 Å². The summed E-state index contributed by atoms with van der Waals surface area (Å²) in [4.78, 5) is 22.7. The highest BCUT2D eigenvalue weighted by atomic mass is 16.5. The second kappa shape index (κ2) is 5.07. The summed E-state index contributed by atoms with van der Waals surface area (Å²) >= 11 is 0. The molecule has 0 fully saturated rings. The third-order valence-electron chi connectivity index (χ3n) is 2.82. The number of allylic oxidation sites excluding steroid dienone is 1. The SMILES string of the molecule is COC(=O)CC1CC(CCO)=C(C)C1=O. The van der Waals surface area contributed by atoms with Gasteiger partial charge in [0.2, 0.25) is 0 Å². The smallest absolute Gasteiger partial charge is 0.306 e. The zero-order valence-electron chi connectivity index (χ0n) is 9.08. The largest absolute Gasteiger partial charge is 0.469 e. The quantitative estimate of drug-likeness (QED) is 0.701. The van der Waals surface area contributed by atoms with Crippen molar-refractivity contribution in [1.29, 1.82) is 0 Å². The van der Waals surface area contributed by atoms with Crippen molar-refractivity contribution in [1.82, 2.24) is 0 Å². The van der Waals surface area contributed by atoms with Crippen LogP contribution in [0.25, 0.3) is 0 Å². The highest BCUT2D eigenvalue weighted by molar-refractivity contribution is 6.01. The van der Waals surface area contributed by atoms with Crippen LogP contribution in [0.15, 0.2) is 11.1 Å². The third kappa shape index (κ3) is 2.65. The molecule has 0 bridgehead atoms. The number of aliphatic hydroxyl groups excluding tert-OH is 1. The predicted octanol–water partition coefficient (Wildman–Crippen LogP) is 0.837. The van der Waals surface area contributed by atoms with Crippen molar-refractivity contribution in [3.63, 3.8) is 0 Å². The van der Waals surface area contributed by atoms with Gasteiger partial charge in [-0.05, 0) is 25.3 Å². The van der Waals surface area contributed by atoms with Gasteiger partial charge in [-0.2, -0.15) is 0 Å². The number of hydrogen-bond acceptors (Lipinski definition) is 4. The van der Waals surface area contributed by atoms with Crippen LogP contribution in [0.3, 0.4) is 0 Å². The summed E-state index contributed by atoms with van der Waals surface area (Å²) in [5.41, 5.74) is 1.68. The van der Waals surface area contributed by atoms with E-state index in [0.29, 0.717) is 18.4 Å². The van der Waals surface area contributed by atoms with E-state index in [1.54, 1.807) is 6.92 Å². The van der Waals surface area contributed by atoms with Crippen LogP contribution in [0.2, 0.25) is 0 Å². The molecule has 0 saturated carbocycles. The molecule has 4 nitrogen and oxygen atoms in total. The van der Waals surface area contributed by atoms with Crippen LogP contribution in [-0.2, 0) is 14.3 Å². The Bertz CT molecular complexity index is 304. The summed E-state index contributed by atoms with van der Waals surface area (Å²) in [5.74, 6) is -0.616. The maximum absolute atomic E-state index is 11.7. The number of ether oxygens (including phenoxy) is 1. The lowest BCUT2D eigenvalue weighted by atomic mass is 9.99. The Morgan fingerprint density at radius 2 is 2.27 bits per heavy atom. The molecule has 0 aliphatic heterocycles. The summed E-state index contributed by atoms with van der Waals surface area (Å²) in [6, 6.07) is 0. The molecule has 15 heavy (non-hydrogen) atoms. The summed E-state index contributed by atoms with van der Waals surface area (Å²) in [6.45, 7) is 1.80. The van der Waals surface area contributed by atoms with Crippen LogP contribution in [0.5, 0.6) is 0 Å². The molecule has 4 heteroatoms. The first-order valence-electron chi connectivity index (χ1n) is 5.00. The highest BCUT2D eigenvalue weighted by Gasteiger charge is 2.31. The van der Waals surface area contributed by atoms with Crippen molar-refractivity contribution in [2.75, 3.05) is 13.7 Å². The summed E-state index contributed by atoms with van der Waals surface area (Å²) in [7, 11) is 1.32. The van der Waals surface area contributed by atoms with Gasteiger partial charge in [0, 0.05) is 12.5 Å². The lowest BCUT2D eigenvalue weighted by molar-refractivity contribution is -0.143. The highest BCUT2D eigenvalue weighted by Crippen LogP contribution is 2.32. The van der Waals surface area contributed by atoms with E-state index in [9.17, 15) is 9.59 Å². The topological polar surface area (TPSA) is 63.6 Å². The van der Waals surface area contributed by atoms with Crippen LogP contribution in [0, 0.1) is 5.92 Å². The van der Waals surface area contributed by atoms with E-state index < -0.39 is 0 Å². The van der Waals surface area contributed by atoms with Crippen LogP contribution in [0.4, 0.5) is 0 Å². The number of ketones is 1. The molecule has 0 aromatic rings. The predicted molar refractivity (Wildman–Crippen MR) is 54.1 cm³/mol. The Morgan fingerprint density at radius 1 is 1.60 bits per heavy atom. The minimum Gasteiger partial charge on any atom is -0.469 e. The van der Waals surface area contributed by atoms with Crippen molar-refractivity contribution in [2.45, 2.75) is 26.2 Å². The molecule has 0 amide bonds. The monoisotopic (exact) mass is 212 g/mol. The number of carbonyl (C=O) groups excluding carboxylic acids is 2. The number of methoxy groups -OCH3 is 1. The maximum atomic E-state index is 11.7. The number of rotatable bonds is 4. The molecule has 1 aliphatic carbocycles. The van der Waals surface area contributed by atoms with Gasteiger partial charge in [-0.25, -0.2) is 0 Å². The number of esters is 1. The Balaban J connectivity index is 2.62. The molecule has 0 radical (unpaired) electrons. The van der Waals surface area contributed by atoms with Crippen LogP contribution < -0.4 is 0 Å². The Hall–Kier alpha value is -1.16. The molecular weight excluding hydrogens is 196 g/mol. The van der Waals surface area contributed by atoms with Gasteiger partial charge in [-0.1, -0.05) is 5.57 Å². The van der Waals surface area contributed by atoms with Gasteiger partial charge < -0.3 is 9.84 Å². The van der Waals surface area contributed by atoms with Crippen molar-refractivity contribution < 1.29 is 19.4 Å². The molecular formula is C11H16O4. The molecule has 1 atom stereocenters. The summed E-state index contributed by atoms with van der Waals surface area (Å²) < 4.78 is 4.53. The number of hydrogen-bond donors (Lipinski definition) is 1. The van der Waals surface area contributed by atoms with E-state index in [0.717, 1.165) is 5.57 Å². The molecule has 1 aliphatic rings. The number of carbonyl (C=O) groups is 2. The first-order chi connectivity index (χ1) is 7.10. The second-order valence-electron chi connectivity index (χ2n) is 3.75. The standard InChI is InChI=1S/C11H16O4/c1-7-8(3-4-12)5-9(11(7)14)6-10(13)15-2/h9,12H,3-6H2,1-2H3. The van der Waals surface area contributed by atoms with Gasteiger partial charge >= 0.3 is 5.97 Å². The maximum Gasteiger partial charge on any atom is 0.306 e. The van der Waals surface area contributed by atoms with E-state index in [4.69, 9.17) is 5.11 Å². The molecule has 1 unspecified atom stereocenters. The molecule has 1 N–H and O–H groups in total. The fourth-order valence-corrected chi connectivity index (χ4v) is 1.90. The summed E-state index contributed by atoms with van der Waals surface area (Å²) in [5, 5.41) is 8.81. The fraction of sp³-hybridized carbons (Fsp3) is 0.636. The van der Waals surface area contributed by atoms with E-state index in [-0.39, 0.29) is 30.7 Å². The normalized spacial score (nSPS) is 21.0. The molecule has 0 heterocycles. The van der Waals surface area contributed by atoms with Gasteiger partial charge in [0.05, 0.1) is 13.5 Å². The third-order valence-corrected chi connectivity index (χ3v) is 2.82. The lowest BCUT2D eigenvalue weighted by Crippen LogP contribution is -2.15. The minimum absolute atomic E-state index is 0.0175. The van der Waals surface area contributed by atoms with Gasteiger partial charge in [0.25, 0.3) is 0 Å². The van der Waals surface area contributed by atoms with E-state index in [2.05, 4.69) is 4.74 Å². The van der Waals surface area contributed by atoms with Crippen molar-refractivity contribution in [3.05, 3.63) is 11.1 Å². The zero-order valence-corrected chi connectivity index (χ0v) is 9.08. The molecule has 84 valence electrons. The Labute approximate surface area is 88.9 Å². The van der Waals surface area contributed by atoms with E-state index >= 15 is 0 Å². The van der Waals surface area contributed by atoms with Gasteiger partial charge in [-0.3, -0.25) is 9.59 Å². The lowest BCUT2D eigenvalue weighted by Gasteiger charge is -2.06. The molecule has 0 saturated heterocycles.